The van der Waals surface area contributed by atoms with Crippen molar-refractivity contribution in [2.45, 2.75) is 30.8 Å². The van der Waals surface area contributed by atoms with Crippen LogP contribution in [0, 0.1) is 5.92 Å². The van der Waals surface area contributed by atoms with Crippen molar-refractivity contribution in [3.05, 3.63) is 65.7 Å². The maximum absolute atomic E-state index is 12.6. The molecule has 6 heteroatoms. The van der Waals surface area contributed by atoms with Crippen LogP contribution in [0.4, 0.5) is 5.69 Å². The van der Waals surface area contributed by atoms with Crippen molar-refractivity contribution in [1.82, 2.24) is 10.9 Å². The predicted molar refractivity (Wildman–Crippen MR) is 106 cm³/mol. The lowest BCUT2D eigenvalue weighted by molar-refractivity contribution is -0.117. The number of carbonyl (C=O) groups excluding carboxylic acids is 2. The molecular formula is C20H22BrN3O2. The summed E-state index contributed by atoms with van der Waals surface area (Å²) < 4.78 is 0. The number of benzene rings is 2. The molecule has 0 spiro atoms. The minimum atomic E-state index is -0.393. The molecule has 1 saturated heterocycles. The smallest absolute Gasteiger partial charge is 0.244 e. The van der Waals surface area contributed by atoms with Gasteiger partial charge in [0.05, 0.1) is 4.83 Å². The van der Waals surface area contributed by atoms with E-state index in [0.717, 1.165) is 0 Å². The highest BCUT2D eigenvalue weighted by Gasteiger charge is 2.39. The summed E-state index contributed by atoms with van der Waals surface area (Å²) in [7, 11) is 0. The van der Waals surface area contributed by atoms with Crippen LogP contribution in [0.5, 0.6) is 0 Å². The van der Waals surface area contributed by atoms with Crippen molar-refractivity contribution in [2.75, 3.05) is 5.32 Å². The van der Waals surface area contributed by atoms with Crippen LogP contribution in [-0.4, -0.2) is 28.6 Å². The van der Waals surface area contributed by atoms with Gasteiger partial charge in [0.25, 0.3) is 0 Å². The number of nitrogens with one attached hydrogen (secondary N) is 3. The van der Waals surface area contributed by atoms with E-state index in [1.165, 1.54) is 0 Å². The van der Waals surface area contributed by atoms with Crippen LogP contribution in [-0.2, 0) is 4.79 Å². The maximum atomic E-state index is 12.6. The lowest BCUT2D eigenvalue weighted by Gasteiger charge is -2.19. The molecule has 3 rings (SSSR count). The standard InChI is InChI=1S/C20H22BrN3O2/c1-12(2)17-16(21)18(24-23-17)20(26)22-15-10-6-9-14(11-15)19(25)13-7-4-3-5-8-13/h3-12,16-18,23-24H,1-2H3,(H,22,26). The summed E-state index contributed by atoms with van der Waals surface area (Å²) in [5, 5.41) is 2.90. The number of hydrogen-bond acceptors (Lipinski definition) is 4. The maximum Gasteiger partial charge on any atom is 0.244 e. The molecule has 0 saturated carbocycles. The summed E-state index contributed by atoms with van der Waals surface area (Å²) in [4.78, 5) is 25.2. The Morgan fingerprint density at radius 3 is 2.35 bits per heavy atom. The minimum absolute atomic E-state index is 0.0170. The molecule has 1 heterocycles. The quantitative estimate of drug-likeness (QED) is 0.518. The molecular weight excluding hydrogens is 394 g/mol. The number of halogens is 1. The van der Waals surface area contributed by atoms with Gasteiger partial charge in [-0.25, -0.2) is 5.43 Å². The Bertz CT molecular complexity index is 795. The molecule has 136 valence electrons. The lowest BCUT2D eigenvalue weighted by Crippen LogP contribution is -2.42. The van der Waals surface area contributed by atoms with Gasteiger partial charge in [0.1, 0.15) is 6.04 Å². The van der Waals surface area contributed by atoms with Crippen molar-refractivity contribution in [1.29, 1.82) is 0 Å². The van der Waals surface area contributed by atoms with Crippen LogP contribution in [0.15, 0.2) is 54.6 Å². The van der Waals surface area contributed by atoms with E-state index in [9.17, 15) is 9.59 Å². The Labute approximate surface area is 161 Å². The van der Waals surface area contributed by atoms with Gasteiger partial charge in [-0.3, -0.25) is 15.0 Å². The average molecular weight is 416 g/mol. The number of carbonyl (C=O) groups is 2. The van der Waals surface area contributed by atoms with Gasteiger partial charge in [-0.2, -0.15) is 0 Å². The van der Waals surface area contributed by atoms with Crippen molar-refractivity contribution < 1.29 is 9.59 Å². The van der Waals surface area contributed by atoms with Crippen molar-refractivity contribution in [2.24, 2.45) is 5.92 Å². The first-order valence-electron chi connectivity index (χ1n) is 8.63. The highest BCUT2D eigenvalue weighted by molar-refractivity contribution is 9.09. The van der Waals surface area contributed by atoms with E-state index < -0.39 is 6.04 Å². The first-order valence-corrected chi connectivity index (χ1v) is 9.54. The zero-order chi connectivity index (χ0) is 18.7. The summed E-state index contributed by atoms with van der Waals surface area (Å²) in [5.74, 6) is 0.170. The molecule has 3 atom stereocenters. The SMILES string of the molecule is CC(C)C1NNC(C(=O)Nc2cccc(C(=O)c3ccccc3)c2)C1Br. The Morgan fingerprint density at radius 2 is 1.69 bits per heavy atom. The van der Waals surface area contributed by atoms with E-state index in [4.69, 9.17) is 0 Å². The van der Waals surface area contributed by atoms with Gasteiger partial charge in [-0.1, -0.05) is 72.2 Å². The molecule has 0 aromatic heterocycles. The summed E-state index contributed by atoms with van der Waals surface area (Å²) in [6.07, 6.45) is 0. The number of alkyl halides is 1. The van der Waals surface area contributed by atoms with Gasteiger partial charge < -0.3 is 5.32 Å². The molecule has 2 aromatic rings. The normalized spacial score (nSPS) is 22.4. The fraction of sp³-hybridized carbons (Fsp3) is 0.300. The van der Waals surface area contributed by atoms with Crippen molar-refractivity contribution in [3.8, 4) is 0 Å². The van der Waals surface area contributed by atoms with Gasteiger partial charge in [0.15, 0.2) is 5.78 Å². The first kappa shape index (κ1) is 18.8. The number of ketones is 1. The molecule has 1 aliphatic rings. The van der Waals surface area contributed by atoms with Crippen molar-refractivity contribution in [3.63, 3.8) is 0 Å². The van der Waals surface area contributed by atoms with Gasteiger partial charge in [-0.05, 0) is 18.1 Å². The zero-order valence-electron chi connectivity index (χ0n) is 14.7. The van der Waals surface area contributed by atoms with Gasteiger partial charge in [-0.15, -0.1) is 0 Å². The van der Waals surface area contributed by atoms with Gasteiger partial charge in [0.2, 0.25) is 5.91 Å². The van der Waals surface area contributed by atoms with E-state index in [2.05, 4.69) is 45.9 Å². The fourth-order valence-corrected chi connectivity index (χ4v) is 4.13. The summed E-state index contributed by atoms with van der Waals surface area (Å²) in [5.41, 5.74) is 7.98. The highest BCUT2D eigenvalue weighted by atomic mass is 79.9. The van der Waals surface area contributed by atoms with E-state index in [-0.39, 0.29) is 22.6 Å². The lowest BCUT2D eigenvalue weighted by atomic mass is 9.99. The second kappa shape index (κ2) is 8.12. The molecule has 3 unspecified atom stereocenters. The molecule has 1 amide bonds. The summed E-state index contributed by atoms with van der Waals surface area (Å²) >= 11 is 3.61. The van der Waals surface area contributed by atoms with E-state index in [0.29, 0.717) is 22.7 Å². The number of rotatable bonds is 5. The van der Waals surface area contributed by atoms with Crippen LogP contribution < -0.4 is 16.2 Å². The Balaban J connectivity index is 1.71. The van der Waals surface area contributed by atoms with Crippen molar-refractivity contribution >= 4 is 33.3 Å². The van der Waals surface area contributed by atoms with Gasteiger partial charge >= 0.3 is 0 Å². The zero-order valence-corrected chi connectivity index (χ0v) is 16.3. The van der Waals surface area contributed by atoms with E-state index >= 15 is 0 Å². The molecule has 1 fully saturated rings. The van der Waals surface area contributed by atoms with E-state index in [1.54, 1.807) is 36.4 Å². The topological polar surface area (TPSA) is 70.2 Å². The third kappa shape index (κ3) is 4.03. The Hall–Kier alpha value is -2.02. The molecule has 5 nitrogen and oxygen atoms in total. The third-order valence-corrected chi connectivity index (χ3v) is 5.59. The summed E-state index contributed by atoms with van der Waals surface area (Å²) in [6, 6.07) is 15.9. The monoisotopic (exact) mass is 415 g/mol. The largest absolute Gasteiger partial charge is 0.325 e. The number of anilines is 1. The van der Waals surface area contributed by atoms with E-state index in [1.807, 2.05) is 18.2 Å². The molecule has 0 radical (unpaired) electrons. The molecule has 26 heavy (non-hydrogen) atoms. The molecule has 1 aliphatic heterocycles. The number of amides is 1. The Kier molecular flexibility index (Phi) is 5.86. The fourth-order valence-electron chi connectivity index (χ4n) is 3.01. The van der Waals surface area contributed by atoms with Crippen LogP contribution in [0.1, 0.15) is 29.8 Å². The molecule has 2 aromatic carbocycles. The predicted octanol–water partition coefficient (Wildman–Crippen LogP) is 3.12. The number of hydrogen-bond donors (Lipinski definition) is 3. The van der Waals surface area contributed by atoms with Crippen LogP contribution in [0.2, 0.25) is 0 Å². The third-order valence-electron chi connectivity index (χ3n) is 4.50. The average Bonchev–Trinajstić information content (AvgIpc) is 3.04. The van der Waals surface area contributed by atoms with Gasteiger partial charge in [0, 0.05) is 22.9 Å². The summed E-state index contributed by atoms with van der Waals surface area (Å²) in [6.45, 7) is 4.21. The Morgan fingerprint density at radius 1 is 1.00 bits per heavy atom. The minimum Gasteiger partial charge on any atom is -0.325 e. The molecule has 3 N–H and O–H groups in total. The second-order valence-corrected chi connectivity index (χ2v) is 7.80. The van der Waals surface area contributed by atoms with Crippen LogP contribution >= 0.6 is 15.9 Å². The molecule has 0 bridgehead atoms. The highest BCUT2D eigenvalue weighted by Crippen LogP contribution is 2.23. The first-order chi connectivity index (χ1) is 12.5. The van der Waals surface area contributed by atoms with Crippen LogP contribution in [0.3, 0.4) is 0 Å². The molecule has 0 aliphatic carbocycles. The number of hydrazine groups is 1. The second-order valence-electron chi connectivity index (χ2n) is 6.75. The van der Waals surface area contributed by atoms with Crippen LogP contribution in [0.25, 0.3) is 0 Å².